The van der Waals surface area contributed by atoms with Crippen molar-refractivity contribution in [3.63, 3.8) is 0 Å². The Morgan fingerprint density at radius 1 is 1.26 bits per heavy atom. The predicted molar refractivity (Wildman–Crippen MR) is 82.3 cm³/mol. The van der Waals surface area contributed by atoms with E-state index in [0.29, 0.717) is 17.4 Å². The van der Waals surface area contributed by atoms with Crippen LogP contribution in [0.25, 0.3) is 0 Å². The number of hydrogen-bond donors (Lipinski definition) is 1. The smallest absolute Gasteiger partial charge is 0.172 e. The Balaban J connectivity index is 2.07. The summed E-state index contributed by atoms with van der Waals surface area (Å²) < 4.78 is 0.695. The first-order chi connectivity index (χ1) is 8.87. The van der Waals surface area contributed by atoms with E-state index in [-0.39, 0.29) is 11.2 Å². The van der Waals surface area contributed by atoms with E-state index in [0.717, 1.165) is 22.7 Å². The van der Waals surface area contributed by atoms with Crippen LogP contribution in [0, 0.1) is 5.41 Å². The van der Waals surface area contributed by atoms with Gasteiger partial charge in [-0.2, -0.15) is 0 Å². The zero-order chi connectivity index (χ0) is 14.0. The van der Waals surface area contributed by atoms with Crippen molar-refractivity contribution in [2.24, 2.45) is 5.41 Å². The zero-order valence-electron chi connectivity index (χ0n) is 11.1. The monoisotopic (exact) mass is 341 g/mol. The van der Waals surface area contributed by atoms with Gasteiger partial charge in [0.2, 0.25) is 0 Å². The highest BCUT2D eigenvalue weighted by Gasteiger charge is 2.31. The van der Waals surface area contributed by atoms with Gasteiger partial charge in [-0.3, -0.25) is 4.79 Å². The molecule has 0 aliphatic heterocycles. The fraction of sp³-hybridized carbons (Fsp3) is 0.400. The molecule has 1 aliphatic rings. The third kappa shape index (κ3) is 3.83. The molecule has 102 valence electrons. The quantitative estimate of drug-likeness (QED) is 0.880. The van der Waals surface area contributed by atoms with Crippen LogP contribution in [-0.2, 0) is 11.3 Å². The number of carbonyl (C=O) groups excluding carboxylic acids is 1. The second-order valence-electron chi connectivity index (χ2n) is 5.71. The van der Waals surface area contributed by atoms with Crippen molar-refractivity contribution < 1.29 is 4.79 Å². The summed E-state index contributed by atoms with van der Waals surface area (Å²) in [5.41, 5.74) is 2.17. The number of benzene rings is 1. The maximum absolute atomic E-state index is 11.9. The van der Waals surface area contributed by atoms with Gasteiger partial charge in [-0.05, 0) is 45.5 Å². The van der Waals surface area contributed by atoms with Gasteiger partial charge in [0.25, 0.3) is 0 Å². The number of nitrogens with one attached hydrogen (secondary N) is 1. The van der Waals surface area contributed by atoms with Crippen LogP contribution in [0.3, 0.4) is 0 Å². The number of halogens is 2. The lowest BCUT2D eigenvalue weighted by Crippen LogP contribution is -2.29. The summed E-state index contributed by atoms with van der Waals surface area (Å²) in [4.78, 5) is 11.9. The second-order valence-corrected chi connectivity index (χ2v) is 6.94. The van der Waals surface area contributed by atoms with E-state index < -0.39 is 0 Å². The average Bonchev–Trinajstić information content (AvgIpc) is 2.33. The molecule has 0 aromatic heterocycles. The van der Waals surface area contributed by atoms with E-state index in [1.54, 1.807) is 0 Å². The third-order valence-electron chi connectivity index (χ3n) is 3.22. The average molecular weight is 343 g/mol. The maximum Gasteiger partial charge on any atom is 0.172 e. The van der Waals surface area contributed by atoms with Gasteiger partial charge in [-0.25, -0.2) is 0 Å². The normalized spacial score (nSPS) is 18.6. The van der Waals surface area contributed by atoms with Gasteiger partial charge < -0.3 is 5.32 Å². The van der Waals surface area contributed by atoms with E-state index >= 15 is 0 Å². The van der Waals surface area contributed by atoms with Gasteiger partial charge >= 0.3 is 0 Å². The molecular weight excluding hydrogens is 326 g/mol. The molecule has 1 aromatic rings. The molecule has 0 heterocycles. The Morgan fingerprint density at radius 3 is 2.53 bits per heavy atom. The lowest BCUT2D eigenvalue weighted by molar-refractivity contribution is -0.117. The van der Waals surface area contributed by atoms with E-state index in [2.05, 4.69) is 35.1 Å². The molecule has 0 spiro atoms. The molecule has 0 saturated carbocycles. The van der Waals surface area contributed by atoms with Gasteiger partial charge in [-0.15, -0.1) is 0 Å². The van der Waals surface area contributed by atoms with Crippen molar-refractivity contribution in [2.45, 2.75) is 33.2 Å². The summed E-state index contributed by atoms with van der Waals surface area (Å²) in [7, 11) is 0. The molecule has 0 fully saturated rings. The minimum atomic E-state index is 0.0245. The van der Waals surface area contributed by atoms with Gasteiger partial charge in [0, 0.05) is 23.7 Å². The molecule has 0 amide bonds. The molecule has 0 unspecified atom stereocenters. The summed E-state index contributed by atoms with van der Waals surface area (Å²) in [6.07, 6.45) is 1.48. The van der Waals surface area contributed by atoms with E-state index in [9.17, 15) is 4.79 Å². The van der Waals surface area contributed by atoms with Crippen molar-refractivity contribution in [3.05, 3.63) is 45.0 Å². The van der Waals surface area contributed by atoms with Gasteiger partial charge in [0.15, 0.2) is 5.78 Å². The molecule has 0 atom stereocenters. The Bertz CT molecular complexity index is 519. The van der Waals surface area contributed by atoms with Crippen LogP contribution < -0.4 is 5.32 Å². The number of Topliss-reactive ketones (excluding diaryl/α,β-unsaturated/α-hetero) is 1. The first-order valence-electron chi connectivity index (χ1n) is 6.27. The molecule has 4 heteroatoms. The molecule has 1 N–H and O–H groups in total. The summed E-state index contributed by atoms with van der Waals surface area (Å²) >= 11 is 9.26. The van der Waals surface area contributed by atoms with Gasteiger partial charge in [0.05, 0.1) is 4.48 Å². The highest BCUT2D eigenvalue weighted by atomic mass is 79.9. The molecule has 0 radical (unpaired) electrons. The fourth-order valence-electron chi connectivity index (χ4n) is 2.25. The highest BCUT2D eigenvalue weighted by Crippen LogP contribution is 2.37. The summed E-state index contributed by atoms with van der Waals surface area (Å²) in [6.45, 7) is 4.94. The van der Waals surface area contributed by atoms with Crippen LogP contribution in [0.2, 0.25) is 5.02 Å². The lowest BCUT2D eigenvalue weighted by atomic mass is 9.79. The Labute approximate surface area is 127 Å². The zero-order valence-corrected chi connectivity index (χ0v) is 13.4. The van der Waals surface area contributed by atoms with Crippen molar-refractivity contribution in [1.82, 2.24) is 5.32 Å². The molecule has 2 rings (SSSR count). The standard InChI is InChI=1S/C15H17BrClNO/c1-15(2)7-12(14(16)13(19)8-15)18-9-10-3-5-11(17)6-4-10/h3-6,18H,7-9H2,1-2H3. The number of carbonyl (C=O) groups is 1. The minimum absolute atomic E-state index is 0.0245. The van der Waals surface area contributed by atoms with Crippen LogP contribution in [0.5, 0.6) is 0 Å². The molecule has 1 aromatic carbocycles. The van der Waals surface area contributed by atoms with Crippen molar-refractivity contribution in [1.29, 1.82) is 0 Å². The summed E-state index contributed by atoms with van der Waals surface area (Å²) in [5.74, 6) is 0.176. The number of hydrogen-bond acceptors (Lipinski definition) is 2. The Kier molecular flexibility index (Phi) is 4.36. The van der Waals surface area contributed by atoms with E-state index in [1.807, 2.05) is 24.3 Å². The number of rotatable bonds is 3. The summed E-state index contributed by atoms with van der Waals surface area (Å²) in [6, 6.07) is 7.72. The topological polar surface area (TPSA) is 29.1 Å². The van der Waals surface area contributed by atoms with Gasteiger partial charge in [-0.1, -0.05) is 37.6 Å². The van der Waals surface area contributed by atoms with Crippen molar-refractivity contribution in [2.75, 3.05) is 0 Å². The Morgan fingerprint density at radius 2 is 1.89 bits per heavy atom. The van der Waals surface area contributed by atoms with Crippen LogP contribution in [-0.4, -0.2) is 5.78 Å². The van der Waals surface area contributed by atoms with Crippen molar-refractivity contribution >= 4 is 33.3 Å². The summed E-state index contributed by atoms with van der Waals surface area (Å²) in [5, 5.41) is 4.10. The van der Waals surface area contributed by atoms with Gasteiger partial charge in [0.1, 0.15) is 0 Å². The molecule has 19 heavy (non-hydrogen) atoms. The van der Waals surface area contributed by atoms with E-state index in [1.165, 1.54) is 0 Å². The minimum Gasteiger partial charge on any atom is -0.383 e. The number of allylic oxidation sites excluding steroid dienone is 2. The fourth-order valence-corrected chi connectivity index (χ4v) is 2.80. The predicted octanol–water partition coefficient (Wildman–Crippen LogP) is 4.43. The third-order valence-corrected chi connectivity index (χ3v) is 4.40. The maximum atomic E-state index is 11.9. The molecular formula is C15H17BrClNO. The van der Waals surface area contributed by atoms with Crippen LogP contribution in [0.1, 0.15) is 32.3 Å². The molecule has 0 bridgehead atoms. The molecule has 1 aliphatic carbocycles. The van der Waals surface area contributed by atoms with Crippen molar-refractivity contribution in [3.8, 4) is 0 Å². The lowest BCUT2D eigenvalue weighted by Gasteiger charge is -2.31. The Hall–Kier alpha value is -0.800. The molecule has 0 saturated heterocycles. The first kappa shape index (κ1) is 14.6. The van der Waals surface area contributed by atoms with Crippen LogP contribution >= 0.6 is 27.5 Å². The second kappa shape index (κ2) is 5.68. The van der Waals surface area contributed by atoms with Crippen LogP contribution in [0.15, 0.2) is 34.4 Å². The largest absolute Gasteiger partial charge is 0.383 e. The SMILES string of the molecule is CC1(C)CC(=O)C(Br)=C(NCc2ccc(Cl)cc2)C1. The highest BCUT2D eigenvalue weighted by molar-refractivity contribution is 9.12. The first-order valence-corrected chi connectivity index (χ1v) is 7.45. The van der Waals surface area contributed by atoms with E-state index in [4.69, 9.17) is 11.6 Å². The van der Waals surface area contributed by atoms with Crippen LogP contribution in [0.4, 0.5) is 0 Å². The molecule has 2 nitrogen and oxygen atoms in total. The number of ketones is 1.